The smallest absolute Gasteiger partial charge is 0.341 e. The largest absolute Gasteiger partial charge is 0.462 e. The molecule has 0 unspecified atom stereocenters. The first kappa shape index (κ1) is 13.1. The minimum Gasteiger partial charge on any atom is -0.462 e. The Morgan fingerprint density at radius 1 is 1.53 bits per heavy atom. The van der Waals surface area contributed by atoms with E-state index in [0.29, 0.717) is 24.5 Å². The second-order valence-electron chi connectivity index (χ2n) is 4.00. The van der Waals surface area contributed by atoms with Gasteiger partial charge in [0.25, 0.3) is 0 Å². The van der Waals surface area contributed by atoms with Gasteiger partial charge in [-0.3, -0.25) is 4.68 Å². The number of carbonyl (C=O) groups excluding carboxylic acids is 1. The monoisotopic (exact) mass is 260 g/mol. The molecule has 6 heteroatoms. The van der Waals surface area contributed by atoms with E-state index in [2.05, 4.69) is 15.4 Å². The van der Waals surface area contributed by atoms with Crippen molar-refractivity contribution in [1.82, 2.24) is 14.8 Å². The molecule has 0 fully saturated rings. The maximum atomic E-state index is 11.8. The summed E-state index contributed by atoms with van der Waals surface area (Å²) < 4.78 is 6.71. The van der Waals surface area contributed by atoms with E-state index >= 15 is 0 Å². The second kappa shape index (κ2) is 5.99. The zero-order chi connectivity index (χ0) is 13.7. The number of esters is 1. The lowest BCUT2D eigenvalue weighted by Crippen LogP contribution is -2.11. The zero-order valence-electron chi connectivity index (χ0n) is 11.0. The topological polar surface area (TPSA) is 69.0 Å². The molecule has 19 heavy (non-hydrogen) atoms. The number of pyridine rings is 1. The molecular formula is C13H16N4O2. The number of anilines is 1. The molecule has 0 atom stereocenters. The Hall–Kier alpha value is -2.37. The van der Waals surface area contributed by atoms with Crippen molar-refractivity contribution in [3.63, 3.8) is 0 Å². The number of aryl methyl sites for hydroxylation is 1. The van der Waals surface area contributed by atoms with Crippen molar-refractivity contribution in [2.45, 2.75) is 13.5 Å². The summed E-state index contributed by atoms with van der Waals surface area (Å²) in [5, 5.41) is 7.20. The van der Waals surface area contributed by atoms with Crippen molar-refractivity contribution in [2.24, 2.45) is 7.05 Å². The van der Waals surface area contributed by atoms with Crippen LogP contribution in [-0.2, 0) is 18.3 Å². The molecule has 2 heterocycles. The van der Waals surface area contributed by atoms with Crippen molar-refractivity contribution in [3.05, 3.63) is 41.9 Å². The highest BCUT2D eigenvalue weighted by molar-refractivity contribution is 5.94. The first-order chi connectivity index (χ1) is 9.20. The minimum atomic E-state index is -0.371. The third kappa shape index (κ3) is 3.31. The molecule has 0 radical (unpaired) electrons. The summed E-state index contributed by atoms with van der Waals surface area (Å²) in [6.45, 7) is 2.67. The molecule has 100 valence electrons. The molecule has 1 N–H and O–H groups in total. The van der Waals surface area contributed by atoms with Crippen molar-refractivity contribution < 1.29 is 9.53 Å². The third-order valence-corrected chi connectivity index (χ3v) is 2.52. The third-order valence-electron chi connectivity index (χ3n) is 2.52. The van der Waals surface area contributed by atoms with Gasteiger partial charge in [-0.1, -0.05) is 0 Å². The molecular weight excluding hydrogens is 244 g/mol. The molecule has 0 aliphatic rings. The van der Waals surface area contributed by atoms with Crippen molar-refractivity contribution >= 4 is 11.8 Å². The van der Waals surface area contributed by atoms with Gasteiger partial charge in [-0.05, 0) is 19.1 Å². The Morgan fingerprint density at radius 2 is 2.37 bits per heavy atom. The number of carbonyl (C=O) groups is 1. The van der Waals surface area contributed by atoms with Gasteiger partial charge in [-0.25, -0.2) is 9.78 Å². The molecule has 2 aromatic rings. The van der Waals surface area contributed by atoms with Crippen LogP contribution in [0.2, 0.25) is 0 Å². The summed E-state index contributed by atoms with van der Waals surface area (Å²) in [5.41, 5.74) is 1.45. The fraction of sp³-hybridized carbons (Fsp3) is 0.308. The molecule has 0 spiro atoms. The van der Waals surface area contributed by atoms with Crippen LogP contribution in [0.15, 0.2) is 30.7 Å². The molecule has 0 amide bonds. The lowest BCUT2D eigenvalue weighted by Gasteiger charge is -2.09. The van der Waals surface area contributed by atoms with Gasteiger partial charge in [0.15, 0.2) is 0 Å². The van der Waals surface area contributed by atoms with E-state index in [4.69, 9.17) is 4.74 Å². The fourth-order valence-corrected chi connectivity index (χ4v) is 1.67. The summed E-state index contributed by atoms with van der Waals surface area (Å²) in [6, 6.07) is 3.40. The van der Waals surface area contributed by atoms with Crippen LogP contribution >= 0.6 is 0 Å². The van der Waals surface area contributed by atoms with Crippen LogP contribution in [0.3, 0.4) is 0 Å². The molecule has 0 aliphatic carbocycles. The quantitative estimate of drug-likeness (QED) is 0.827. The number of aromatic nitrogens is 3. The van der Waals surface area contributed by atoms with E-state index in [1.165, 1.54) is 0 Å². The fourth-order valence-electron chi connectivity index (χ4n) is 1.67. The maximum absolute atomic E-state index is 11.8. The maximum Gasteiger partial charge on any atom is 0.341 e. The molecule has 0 aliphatic heterocycles. The Morgan fingerprint density at radius 3 is 3.05 bits per heavy atom. The van der Waals surface area contributed by atoms with Crippen molar-refractivity contribution in [1.29, 1.82) is 0 Å². The molecule has 0 saturated heterocycles. The van der Waals surface area contributed by atoms with Crippen molar-refractivity contribution in [3.8, 4) is 0 Å². The standard InChI is InChI=1S/C13H16N4O2/c1-3-19-13(18)11-5-4-6-14-12(11)15-7-10-8-16-17(2)9-10/h4-6,8-9H,3,7H2,1-2H3,(H,14,15). The first-order valence-corrected chi connectivity index (χ1v) is 6.04. The SMILES string of the molecule is CCOC(=O)c1cccnc1NCc1cnn(C)c1. The Labute approximate surface area is 111 Å². The summed E-state index contributed by atoms with van der Waals surface area (Å²) >= 11 is 0. The van der Waals surface area contributed by atoms with Gasteiger partial charge in [0.2, 0.25) is 0 Å². The predicted octanol–water partition coefficient (Wildman–Crippen LogP) is 1.60. The molecule has 0 bridgehead atoms. The number of ether oxygens (including phenoxy) is 1. The van der Waals surface area contributed by atoms with Gasteiger partial charge in [0, 0.05) is 31.5 Å². The predicted molar refractivity (Wildman–Crippen MR) is 70.7 cm³/mol. The van der Waals surface area contributed by atoms with Gasteiger partial charge < -0.3 is 10.1 Å². The summed E-state index contributed by atoms with van der Waals surface area (Å²) in [6.07, 6.45) is 5.30. The van der Waals surface area contributed by atoms with Crippen LogP contribution in [0.5, 0.6) is 0 Å². The van der Waals surface area contributed by atoms with Crippen LogP contribution in [0.4, 0.5) is 5.82 Å². The van der Waals surface area contributed by atoms with Gasteiger partial charge in [-0.2, -0.15) is 5.10 Å². The molecule has 0 aromatic carbocycles. The second-order valence-corrected chi connectivity index (χ2v) is 4.00. The summed E-state index contributed by atoms with van der Waals surface area (Å²) in [7, 11) is 1.86. The van der Waals surface area contributed by atoms with Crippen LogP contribution in [0.25, 0.3) is 0 Å². The molecule has 6 nitrogen and oxygen atoms in total. The number of hydrogen-bond acceptors (Lipinski definition) is 5. The summed E-state index contributed by atoms with van der Waals surface area (Å²) in [5.74, 6) is 0.147. The number of nitrogens with zero attached hydrogens (tertiary/aromatic N) is 3. The minimum absolute atomic E-state index is 0.343. The molecule has 2 rings (SSSR count). The zero-order valence-corrected chi connectivity index (χ0v) is 11.0. The van der Waals surface area contributed by atoms with Crippen LogP contribution in [-0.4, -0.2) is 27.3 Å². The average molecular weight is 260 g/mol. The highest BCUT2D eigenvalue weighted by atomic mass is 16.5. The van der Waals surface area contributed by atoms with Gasteiger partial charge >= 0.3 is 5.97 Å². The van der Waals surface area contributed by atoms with E-state index in [0.717, 1.165) is 5.56 Å². The van der Waals surface area contributed by atoms with Gasteiger partial charge in [0.05, 0.1) is 12.8 Å². The van der Waals surface area contributed by atoms with Crippen LogP contribution in [0.1, 0.15) is 22.8 Å². The van der Waals surface area contributed by atoms with Crippen LogP contribution < -0.4 is 5.32 Å². The first-order valence-electron chi connectivity index (χ1n) is 6.04. The number of rotatable bonds is 5. The van der Waals surface area contributed by atoms with E-state index in [1.54, 1.807) is 36.1 Å². The lowest BCUT2D eigenvalue weighted by atomic mass is 10.2. The van der Waals surface area contributed by atoms with E-state index in [-0.39, 0.29) is 5.97 Å². The Bertz CT molecular complexity index is 565. The van der Waals surface area contributed by atoms with Crippen molar-refractivity contribution in [2.75, 3.05) is 11.9 Å². The van der Waals surface area contributed by atoms with Gasteiger partial charge in [0.1, 0.15) is 11.4 Å². The highest BCUT2D eigenvalue weighted by Gasteiger charge is 2.12. The average Bonchev–Trinajstić information content (AvgIpc) is 2.83. The Kier molecular flexibility index (Phi) is 4.12. The number of nitrogens with one attached hydrogen (secondary N) is 1. The molecule has 2 aromatic heterocycles. The lowest BCUT2D eigenvalue weighted by molar-refractivity contribution is 0.0527. The van der Waals surface area contributed by atoms with Crippen LogP contribution in [0, 0.1) is 0 Å². The van der Waals surface area contributed by atoms with Gasteiger partial charge in [-0.15, -0.1) is 0 Å². The Balaban J connectivity index is 2.09. The van der Waals surface area contributed by atoms with E-state index in [1.807, 2.05) is 13.2 Å². The summed E-state index contributed by atoms with van der Waals surface area (Å²) in [4.78, 5) is 15.9. The van der Waals surface area contributed by atoms with E-state index < -0.39 is 0 Å². The normalized spacial score (nSPS) is 10.2. The van der Waals surface area contributed by atoms with E-state index in [9.17, 15) is 4.79 Å². The number of hydrogen-bond donors (Lipinski definition) is 1. The highest BCUT2D eigenvalue weighted by Crippen LogP contribution is 2.14. The molecule has 0 saturated carbocycles.